The van der Waals surface area contributed by atoms with Crippen LogP contribution in [0.25, 0.3) is 0 Å². The van der Waals surface area contributed by atoms with Crippen molar-refractivity contribution < 1.29 is 14.2 Å². The lowest BCUT2D eigenvalue weighted by Gasteiger charge is -2.41. The van der Waals surface area contributed by atoms with Gasteiger partial charge in [-0.1, -0.05) is 20.8 Å². The molecule has 0 N–H and O–H groups in total. The van der Waals surface area contributed by atoms with Gasteiger partial charge >= 0.3 is 0 Å². The summed E-state index contributed by atoms with van der Waals surface area (Å²) in [4.78, 5) is 0. The van der Waals surface area contributed by atoms with E-state index in [1.165, 1.54) is 0 Å². The normalized spacial score (nSPS) is 14.3. The minimum atomic E-state index is -0.499. The molecule has 0 saturated heterocycles. The third-order valence-electron chi connectivity index (χ3n) is 6.38. The van der Waals surface area contributed by atoms with Crippen molar-refractivity contribution in [1.82, 2.24) is 0 Å². The molecule has 1 rings (SSSR count). The van der Waals surface area contributed by atoms with Gasteiger partial charge in [-0.05, 0) is 87.3 Å². The van der Waals surface area contributed by atoms with E-state index in [-0.39, 0.29) is 20.5 Å². The number of ether oxygens (including phenoxy) is 3. The maximum Gasteiger partial charge on any atom is 0.127 e. The molecule has 0 fully saturated rings. The molecule has 0 aromatic heterocycles. The van der Waals surface area contributed by atoms with E-state index in [2.05, 4.69) is 96.3 Å². The largest absolute Gasteiger partial charge is 0.488 e. The minimum absolute atomic E-state index is 0.0806. The summed E-state index contributed by atoms with van der Waals surface area (Å²) in [5, 5.41) is 0. The zero-order valence-corrected chi connectivity index (χ0v) is 24.7. The van der Waals surface area contributed by atoms with Crippen LogP contribution in [0.1, 0.15) is 96.4 Å². The zero-order valence-electron chi connectivity index (χ0n) is 23.0. The van der Waals surface area contributed by atoms with E-state index >= 15 is 0 Å². The molecular weight excluding hydrogens is 436 g/mol. The van der Waals surface area contributed by atoms with Gasteiger partial charge in [-0.15, -0.1) is 0 Å². The molecule has 0 amide bonds. The van der Waals surface area contributed by atoms with Gasteiger partial charge in [0, 0.05) is 27.7 Å². The van der Waals surface area contributed by atoms with Gasteiger partial charge in [-0.2, -0.15) is 24.4 Å². The summed E-state index contributed by atoms with van der Waals surface area (Å²) in [7, 11) is 0. The molecule has 0 atom stereocenters. The van der Waals surface area contributed by atoms with E-state index in [4.69, 9.17) is 26.8 Å². The summed E-state index contributed by atoms with van der Waals surface area (Å²) in [5.41, 5.74) is -1.08. The average molecular weight is 485 g/mol. The summed E-state index contributed by atoms with van der Waals surface area (Å²) in [6.07, 6.45) is 3.03. The van der Waals surface area contributed by atoms with E-state index in [0.29, 0.717) is 5.75 Å². The lowest BCUT2D eigenvalue weighted by Crippen LogP contribution is -2.47. The second-order valence-electron chi connectivity index (χ2n) is 12.7. The molecule has 0 aliphatic heterocycles. The fourth-order valence-electron chi connectivity index (χ4n) is 3.44. The third kappa shape index (κ3) is 8.27. The highest BCUT2D eigenvalue weighted by molar-refractivity contribution is 8.00. The fraction of sp³-hybridized carbons (Fsp3) is 0.778. The van der Waals surface area contributed by atoms with E-state index < -0.39 is 11.2 Å². The van der Waals surface area contributed by atoms with Gasteiger partial charge in [-0.25, -0.2) is 0 Å². The molecule has 186 valence electrons. The Labute approximate surface area is 208 Å². The van der Waals surface area contributed by atoms with Gasteiger partial charge in [-0.3, -0.25) is 0 Å². The first-order valence-corrected chi connectivity index (χ1v) is 13.2. The zero-order chi connectivity index (χ0) is 25.4. The SMILES string of the molecule is CSC(C)(C)C(C)(C)Oc1cc(OC(C)(C)CC(C)(C)C)cc(OC(C)(C)C(C)(C)S)c1. The molecule has 0 heterocycles. The van der Waals surface area contributed by atoms with Crippen LogP contribution in [0.15, 0.2) is 18.2 Å². The molecule has 0 radical (unpaired) electrons. The molecule has 0 aliphatic rings. The van der Waals surface area contributed by atoms with Crippen LogP contribution in [-0.4, -0.2) is 32.6 Å². The topological polar surface area (TPSA) is 27.7 Å². The van der Waals surface area contributed by atoms with Crippen molar-refractivity contribution in [2.45, 2.75) is 123 Å². The van der Waals surface area contributed by atoms with Crippen LogP contribution in [0.3, 0.4) is 0 Å². The number of benzene rings is 1. The van der Waals surface area contributed by atoms with Gasteiger partial charge in [0.15, 0.2) is 0 Å². The van der Waals surface area contributed by atoms with Crippen molar-refractivity contribution >= 4 is 24.4 Å². The quantitative estimate of drug-likeness (QED) is 0.337. The Bertz CT molecular complexity index is 766. The predicted octanol–water partition coefficient (Wildman–Crippen LogP) is 8.45. The summed E-state index contributed by atoms with van der Waals surface area (Å²) in [6.45, 7) is 27.9. The lowest BCUT2D eigenvalue weighted by molar-refractivity contribution is 0.0548. The Morgan fingerprint density at radius 2 is 1.03 bits per heavy atom. The van der Waals surface area contributed by atoms with E-state index in [0.717, 1.165) is 17.9 Å². The Balaban J connectivity index is 3.42. The van der Waals surface area contributed by atoms with Crippen molar-refractivity contribution in [2.75, 3.05) is 6.26 Å². The Hall–Kier alpha value is -0.680. The van der Waals surface area contributed by atoms with Crippen LogP contribution >= 0.6 is 24.4 Å². The highest BCUT2D eigenvalue weighted by Crippen LogP contribution is 2.41. The molecule has 0 bridgehead atoms. The van der Waals surface area contributed by atoms with Crippen LogP contribution in [-0.2, 0) is 0 Å². The second-order valence-corrected chi connectivity index (χ2v) is 15.3. The molecule has 0 spiro atoms. The number of hydrogen-bond donors (Lipinski definition) is 1. The van der Waals surface area contributed by atoms with E-state index in [1.807, 2.05) is 18.2 Å². The molecule has 0 saturated carbocycles. The molecule has 1 aromatic carbocycles. The molecule has 0 aliphatic carbocycles. The first-order valence-electron chi connectivity index (χ1n) is 11.5. The lowest BCUT2D eigenvalue weighted by atomic mass is 9.83. The van der Waals surface area contributed by atoms with Crippen LogP contribution in [0.2, 0.25) is 0 Å². The molecule has 1 aromatic rings. The van der Waals surface area contributed by atoms with Crippen molar-refractivity contribution in [3.63, 3.8) is 0 Å². The number of thioether (sulfide) groups is 1. The number of rotatable bonds is 10. The Morgan fingerprint density at radius 3 is 1.38 bits per heavy atom. The molecule has 5 heteroatoms. The predicted molar refractivity (Wildman–Crippen MR) is 145 cm³/mol. The molecule has 32 heavy (non-hydrogen) atoms. The van der Waals surface area contributed by atoms with E-state index in [1.54, 1.807) is 11.8 Å². The van der Waals surface area contributed by atoms with E-state index in [9.17, 15) is 0 Å². The third-order valence-corrected chi connectivity index (χ3v) is 8.43. The van der Waals surface area contributed by atoms with Gasteiger partial charge in [0.2, 0.25) is 0 Å². The second kappa shape index (κ2) is 9.52. The smallest absolute Gasteiger partial charge is 0.127 e. The average Bonchev–Trinajstić information content (AvgIpc) is 2.49. The van der Waals surface area contributed by atoms with Crippen LogP contribution in [0.4, 0.5) is 0 Å². The maximum atomic E-state index is 6.55. The summed E-state index contributed by atoms with van der Waals surface area (Å²) >= 11 is 6.56. The highest BCUT2D eigenvalue weighted by Gasteiger charge is 2.40. The van der Waals surface area contributed by atoms with Gasteiger partial charge in [0.1, 0.15) is 34.1 Å². The minimum Gasteiger partial charge on any atom is -0.488 e. The van der Waals surface area contributed by atoms with Crippen LogP contribution < -0.4 is 14.2 Å². The van der Waals surface area contributed by atoms with Gasteiger partial charge < -0.3 is 14.2 Å². The molecule has 0 unspecified atom stereocenters. The summed E-state index contributed by atoms with van der Waals surface area (Å²) < 4.78 is 19.1. The standard InChI is InChI=1S/C27H48O3S2/c1-22(2,3)18-23(4,5)28-19-15-20(29-24(6,7)26(10,11)31)17-21(16-19)30-25(8,9)27(12,13)32-14/h15-17,31H,18H2,1-14H3. The van der Waals surface area contributed by atoms with Crippen LogP contribution in [0, 0.1) is 5.41 Å². The van der Waals surface area contributed by atoms with Crippen molar-refractivity contribution in [3.8, 4) is 17.2 Å². The molecular formula is C27H48O3S2. The summed E-state index contributed by atoms with van der Waals surface area (Å²) in [5.74, 6) is 2.20. The number of thiol groups is 1. The van der Waals surface area contributed by atoms with Gasteiger partial charge in [0.05, 0.1) is 0 Å². The Kier molecular flexibility index (Phi) is 8.73. The number of hydrogen-bond acceptors (Lipinski definition) is 5. The van der Waals surface area contributed by atoms with Crippen LogP contribution in [0.5, 0.6) is 17.2 Å². The monoisotopic (exact) mass is 484 g/mol. The van der Waals surface area contributed by atoms with Crippen molar-refractivity contribution in [1.29, 1.82) is 0 Å². The fourth-order valence-corrected chi connectivity index (χ4v) is 4.02. The highest BCUT2D eigenvalue weighted by atomic mass is 32.2. The van der Waals surface area contributed by atoms with Crippen molar-refractivity contribution in [2.24, 2.45) is 5.41 Å². The first kappa shape index (κ1) is 29.4. The molecule has 3 nitrogen and oxygen atoms in total. The Morgan fingerprint density at radius 1 is 0.656 bits per heavy atom. The summed E-state index contributed by atoms with van der Waals surface area (Å²) in [6, 6.07) is 5.91. The maximum absolute atomic E-state index is 6.55. The van der Waals surface area contributed by atoms with Crippen molar-refractivity contribution in [3.05, 3.63) is 18.2 Å². The van der Waals surface area contributed by atoms with Gasteiger partial charge in [0.25, 0.3) is 0 Å². The first-order chi connectivity index (χ1) is 14.0.